The molecule has 1 amide bonds. The molecule has 4 nitrogen and oxygen atoms in total. The Labute approximate surface area is 104 Å². The van der Waals surface area contributed by atoms with Crippen LogP contribution in [0.1, 0.15) is 18.9 Å². The molecule has 1 aliphatic rings. The summed E-state index contributed by atoms with van der Waals surface area (Å²) in [7, 11) is 0. The molecule has 1 unspecified atom stereocenters. The Morgan fingerprint density at radius 3 is 2.88 bits per heavy atom. The molecule has 1 fully saturated rings. The molecule has 0 aliphatic heterocycles. The van der Waals surface area contributed by atoms with Crippen LogP contribution >= 0.6 is 11.3 Å². The molecule has 0 bridgehead atoms. The number of carbonyl (C=O) groups excluding carboxylic acids is 1. The molecular formula is C12H15NO3S. The first kappa shape index (κ1) is 12.1. The highest BCUT2D eigenvalue weighted by Gasteiger charge is 2.48. The van der Waals surface area contributed by atoms with Crippen molar-refractivity contribution in [2.45, 2.75) is 25.8 Å². The van der Waals surface area contributed by atoms with Crippen molar-refractivity contribution >= 4 is 23.2 Å². The molecule has 1 saturated carbocycles. The number of carboxylic acid groups (broad SMARTS) is 1. The van der Waals surface area contributed by atoms with Gasteiger partial charge in [-0.1, -0.05) is 0 Å². The molecule has 0 radical (unpaired) electrons. The van der Waals surface area contributed by atoms with Crippen LogP contribution in [0.4, 0.5) is 0 Å². The van der Waals surface area contributed by atoms with Crippen LogP contribution in [0.2, 0.25) is 0 Å². The SMILES string of the molecule is CC(Cc1ccsc1)NC(=O)[C@@H]1C[C@@H]1C(=O)O. The van der Waals surface area contributed by atoms with Crippen molar-refractivity contribution in [3.8, 4) is 0 Å². The molecule has 92 valence electrons. The summed E-state index contributed by atoms with van der Waals surface area (Å²) in [6.07, 6.45) is 1.27. The van der Waals surface area contributed by atoms with E-state index >= 15 is 0 Å². The standard InChI is InChI=1S/C12H15NO3S/c1-7(4-8-2-3-17-6-8)13-11(14)9-5-10(9)12(15)16/h2-3,6-7,9-10H,4-5H2,1H3,(H,13,14)(H,15,16)/t7?,9-,10+/m1/s1. The van der Waals surface area contributed by atoms with Gasteiger partial charge >= 0.3 is 5.97 Å². The van der Waals surface area contributed by atoms with Gasteiger partial charge in [0.15, 0.2) is 0 Å². The number of hydrogen-bond acceptors (Lipinski definition) is 3. The van der Waals surface area contributed by atoms with Crippen LogP contribution in [0, 0.1) is 11.8 Å². The van der Waals surface area contributed by atoms with E-state index in [0.29, 0.717) is 6.42 Å². The lowest BCUT2D eigenvalue weighted by Gasteiger charge is -2.12. The summed E-state index contributed by atoms with van der Waals surface area (Å²) in [5, 5.41) is 15.7. The lowest BCUT2D eigenvalue weighted by atomic mass is 10.1. The number of nitrogens with one attached hydrogen (secondary N) is 1. The lowest BCUT2D eigenvalue weighted by molar-refractivity contribution is -0.140. The second-order valence-corrected chi connectivity index (χ2v) is 5.31. The van der Waals surface area contributed by atoms with Gasteiger partial charge in [-0.15, -0.1) is 0 Å². The zero-order valence-corrected chi connectivity index (χ0v) is 10.4. The minimum absolute atomic E-state index is 0.0483. The first-order chi connectivity index (χ1) is 8.08. The Balaban J connectivity index is 1.78. The van der Waals surface area contributed by atoms with E-state index < -0.39 is 11.9 Å². The predicted molar refractivity (Wildman–Crippen MR) is 64.9 cm³/mol. The second kappa shape index (κ2) is 4.87. The third-order valence-corrected chi connectivity index (χ3v) is 3.69. The van der Waals surface area contributed by atoms with E-state index in [1.165, 1.54) is 5.56 Å². The average molecular weight is 253 g/mol. The monoisotopic (exact) mass is 253 g/mol. The maximum Gasteiger partial charge on any atom is 0.307 e. The van der Waals surface area contributed by atoms with Crippen LogP contribution < -0.4 is 5.32 Å². The summed E-state index contributed by atoms with van der Waals surface area (Å²) in [5.74, 6) is -1.78. The number of rotatable bonds is 5. The van der Waals surface area contributed by atoms with Crippen LogP contribution in [-0.2, 0) is 16.0 Å². The van der Waals surface area contributed by atoms with E-state index in [9.17, 15) is 9.59 Å². The van der Waals surface area contributed by atoms with Crippen LogP contribution in [0.5, 0.6) is 0 Å². The van der Waals surface area contributed by atoms with E-state index in [0.717, 1.165) is 6.42 Å². The van der Waals surface area contributed by atoms with Crippen molar-refractivity contribution in [3.63, 3.8) is 0 Å². The molecule has 0 spiro atoms. The highest BCUT2D eigenvalue weighted by atomic mass is 32.1. The van der Waals surface area contributed by atoms with Crippen LogP contribution in [0.25, 0.3) is 0 Å². The van der Waals surface area contributed by atoms with E-state index in [1.54, 1.807) is 11.3 Å². The molecule has 1 aromatic heterocycles. The molecule has 5 heteroatoms. The number of carboxylic acids is 1. The first-order valence-corrected chi connectivity index (χ1v) is 6.56. The van der Waals surface area contributed by atoms with Crippen LogP contribution in [-0.4, -0.2) is 23.0 Å². The quantitative estimate of drug-likeness (QED) is 0.836. The molecule has 2 N–H and O–H groups in total. The normalized spacial score (nSPS) is 24.1. The molecule has 1 heterocycles. The Morgan fingerprint density at radius 2 is 2.35 bits per heavy atom. The number of thiophene rings is 1. The largest absolute Gasteiger partial charge is 0.481 e. The summed E-state index contributed by atoms with van der Waals surface area (Å²) in [6, 6.07) is 2.08. The van der Waals surface area contributed by atoms with Crippen molar-refractivity contribution in [2.24, 2.45) is 11.8 Å². The maximum absolute atomic E-state index is 11.7. The van der Waals surface area contributed by atoms with E-state index in [4.69, 9.17) is 5.11 Å². The first-order valence-electron chi connectivity index (χ1n) is 5.62. The van der Waals surface area contributed by atoms with Gasteiger partial charge in [0.05, 0.1) is 11.8 Å². The van der Waals surface area contributed by atoms with Crippen molar-refractivity contribution in [2.75, 3.05) is 0 Å². The maximum atomic E-state index is 11.7. The van der Waals surface area contributed by atoms with Gasteiger partial charge in [0.1, 0.15) is 0 Å². The van der Waals surface area contributed by atoms with Gasteiger partial charge in [0, 0.05) is 6.04 Å². The zero-order chi connectivity index (χ0) is 12.4. The third kappa shape index (κ3) is 3.06. The highest BCUT2D eigenvalue weighted by molar-refractivity contribution is 7.07. The van der Waals surface area contributed by atoms with Crippen molar-refractivity contribution in [1.82, 2.24) is 5.32 Å². The fourth-order valence-corrected chi connectivity index (χ4v) is 2.60. The van der Waals surface area contributed by atoms with Gasteiger partial charge in [-0.2, -0.15) is 11.3 Å². The minimum Gasteiger partial charge on any atom is -0.481 e. The molecular weight excluding hydrogens is 238 g/mol. The summed E-state index contributed by atoms with van der Waals surface area (Å²) >= 11 is 1.63. The predicted octanol–water partition coefficient (Wildman–Crippen LogP) is 1.52. The number of hydrogen-bond donors (Lipinski definition) is 2. The van der Waals surface area contributed by atoms with Gasteiger partial charge in [0.25, 0.3) is 0 Å². The van der Waals surface area contributed by atoms with Crippen molar-refractivity contribution < 1.29 is 14.7 Å². The summed E-state index contributed by atoms with van der Waals surface area (Å²) in [5.41, 5.74) is 1.20. The topological polar surface area (TPSA) is 66.4 Å². The Hall–Kier alpha value is -1.36. The third-order valence-electron chi connectivity index (χ3n) is 2.96. The van der Waals surface area contributed by atoms with Crippen molar-refractivity contribution in [3.05, 3.63) is 22.4 Å². The summed E-state index contributed by atoms with van der Waals surface area (Å²) in [6.45, 7) is 1.94. The fraction of sp³-hybridized carbons (Fsp3) is 0.500. The Bertz CT molecular complexity index is 415. The van der Waals surface area contributed by atoms with E-state index in [1.807, 2.05) is 18.4 Å². The zero-order valence-electron chi connectivity index (χ0n) is 9.55. The smallest absolute Gasteiger partial charge is 0.307 e. The number of carbonyl (C=O) groups is 2. The molecule has 3 atom stereocenters. The average Bonchev–Trinajstić information content (AvgIpc) is 2.92. The van der Waals surface area contributed by atoms with Gasteiger partial charge in [-0.25, -0.2) is 0 Å². The Kier molecular flexibility index (Phi) is 3.47. The van der Waals surface area contributed by atoms with Gasteiger partial charge in [0.2, 0.25) is 5.91 Å². The van der Waals surface area contributed by atoms with Gasteiger partial charge in [-0.3, -0.25) is 9.59 Å². The fourth-order valence-electron chi connectivity index (χ4n) is 1.92. The summed E-state index contributed by atoms with van der Waals surface area (Å²) < 4.78 is 0. The number of aliphatic carboxylic acids is 1. The molecule has 1 aliphatic carbocycles. The number of amides is 1. The summed E-state index contributed by atoms with van der Waals surface area (Å²) in [4.78, 5) is 22.3. The Morgan fingerprint density at radius 1 is 1.59 bits per heavy atom. The van der Waals surface area contributed by atoms with E-state index in [-0.39, 0.29) is 17.9 Å². The van der Waals surface area contributed by atoms with Crippen LogP contribution in [0.3, 0.4) is 0 Å². The highest BCUT2D eigenvalue weighted by Crippen LogP contribution is 2.38. The molecule has 0 aromatic carbocycles. The minimum atomic E-state index is -0.865. The van der Waals surface area contributed by atoms with Crippen molar-refractivity contribution in [1.29, 1.82) is 0 Å². The lowest BCUT2D eigenvalue weighted by Crippen LogP contribution is -2.35. The molecule has 17 heavy (non-hydrogen) atoms. The molecule has 2 rings (SSSR count). The second-order valence-electron chi connectivity index (χ2n) is 4.53. The van der Waals surface area contributed by atoms with E-state index in [2.05, 4.69) is 10.7 Å². The van der Waals surface area contributed by atoms with Gasteiger partial charge in [-0.05, 0) is 42.2 Å². The molecule has 0 saturated heterocycles. The van der Waals surface area contributed by atoms with Crippen LogP contribution in [0.15, 0.2) is 16.8 Å². The molecule has 1 aromatic rings. The van der Waals surface area contributed by atoms with Gasteiger partial charge < -0.3 is 10.4 Å².